The third kappa shape index (κ3) is 5.56. The van der Waals surface area contributed by atoms with Crippen LogP contribution in [-0.4, -0.2) is 24.4 Å². The van der Waals surface area contributed by atoms with Gasteiger partial charge in [0, 0.05) is 5.75 Å². The maximum absolute atomic E-state index is 11.6. The monoisotopic (exact) mass is 267 g/mol. The summed E-state index contributed by atoms with van der Waals surface area (Å²) in [6.07, 6.45) is 0.965. The van der Waals surface area contributed by atoms with Crippen molar-refractivity contribution in [3.63, 3.8) is 0 Å². The van der Waals surface area contributed by atoms with E-state index in [1.807, 2.05) is 49.9 Å². The summed E-state index contributed by atoms with van der Waals surface area (Å²) in [6, 6.07) is 7.60. The van der Waals surface area contributed by atoms with Crippen LogP contribution in [0.5, 0.6) is 0 Å². The molecule has 0 aliphatic heterocycles. The van der Waals surface area contributed by atoms with E-state index >= 15 is 0 Å². The van der Waals surface area contributed by atoms with Crippen LogP contribution in [0.15, 0.2) is 24.3 Å². The minimum absolute atomic E-state index is 0.0796. The van der Waals surface area contributed by atoms with Crippen LogP contribution in [0, 0.1) is 0 Å². The number of carbonyl (C=O) groups is 1. The highest BCUT2D eigenvalue weighted by Crippen LogP contribution is 2.14. The van der Waals surface area contributed by atoms with Crippen molar-refractivity contribution in [3.05, 3.63) is 35.4 Å². The minimum atomic E-state index is -0.257. The number of rotatable bonds is 7. The molecule has 0 aliphatic rings. The lowest BCUT2D eigenvalue weighted by molar-refractivity contribution is 0.0378. The second kappa shape index (κ2) is 8.16. The van der Waals surface area contributed by atoms with Crippen molar-refractivity contribution in [3.8, 4) is 0 Å². The largest absolute Gasteiger partial charge is 0.459 e. The van der Waals surface area contributed by atoms with Crippen molar-refractivity contribution in [2.24, 2.45) is 5.73 Å². The van der Waals surface area contributed by atoms with E-state index in [9.17, 15) is 4.79 Å². The zero-order valence-corrected chi connectivity index (χ0v) is 11.8. The topological polar surface area (TPSA) is 52.3 Å². The Balaban J connectivity index is 2.44. The molecule has 0 unspecified atom stereocenters. The fourth-order valence-electron chi connectivity index (χ4n) is 1.39. The highest BCUT2D eigenvalue weighted by Gasteiger charge is 2.08. The van der Waals surface area contributed by atoms with Crippen molar-refractivity contribution in [1.29, 1.82) is 0 Å². The van der Waals surface area contributed by atoms with Crippen LogP contribution < -0.4 is 5.73 Å². The number of benzene rings is 1. The van der Waals surface area contributed by atoms with Gasteiger partial charge in [0.2, 0.25) is 0 Å². The lowest BCUT2D eigenvalue weighted by Crippen LogP contribution is -2.11. The van der Waals surface area contributed by atoms with Gasteiger partial charge in [0.15, 0.2) is 0 Å². The van der Waals surface area contributed by atoms with E-state index in [2.05, 4.69) is 0 Å². The molecule has 0 aliphatic carbocycles. The van der Waals surface area contributed by atoms with Gasteiger partial charge in [-0.25, -0.2) is 4.79 Å². The average Bonchev–Trinajstić information content (AvgIpc) is 2.34. The lowest BCUT2D eigenvalue weighted by Gasteiger charge is -2.08. The Bertz CT molecular complexity index is 363. The van der Waals surface area contributed by atoms with E-state index in [-0.39, 0.29) is 12.1 Å². The summed E-state index contributed by atoms with van der Waals surface area (Å²) < 4.78 is 5.13. The maximum Gasteiger partial charge on any atom is 0.338 e. The second-order valence-electron chi connectivity index (χ2n) is 4.35. The Morgan fingerprint density at radius 2 is 2.00 bits per heavy atom. The molecule has 0 amide bonds. The van der Waals surface area contributed by atoms with Crippen molar-refractivity contribution in [2.45, 2.75) is 32.1 Å². The normalized spacial score (nSPS) is 10.7. The number of esters is 1. The Kier molecular flexibility index (Phi) is 6.83. The smallest absolute Gasteiger partial charge is 0.338 e. The van der Waals surface area contributed by atoms with Crippen LogP contribution in [0.3, 0.4) is 0 Å². The third-order valence-corrected chi connectivity index (χ3v) is 3.41. The third-order valence-electron chi connectivity index (χ3n) is 2.29. The molecule has 1 rings (SSSR count). The maximum atomic E-state index is 11.6. The Hall–Kier alpha value is -1.00. The molecule has 1 aromatic carbocycles. The number of nitrogens with two attached hydrogens (primary N) is 1. The Morgan fingerprint density at radius 1 is 1.33 bits per heavy atom. The summed E-state index contributed by atoms with van der Waals surface area (Å²) in [7, 11) is 0. The van der Waals surface area contributed by atoms with Crippen molar-refractivity contribution in [2.75, 3.05) is 12.3 Å². The summed E-state index contributed by atoms with van der Waals surface area (Å²) >= 11 is 1.86. The van der Waals surface area contributed by atoms with E-state index < -0.39 is 0 Å². The summed E-state index contributed by atoms with van der Waals surface area (Å²) in [5.74, 6) is 1.78. The molecule has 0 spiro atoms. The molecule has 0 radical (unpaired) electrons. The molecule has 0 aromatic heterocycles. The van der Waals surface area contributed by atoms with Crippen LogP contribution in [-0.2, 0) is 10.5 Å². The van der Waals surface area contributed by atoms with Gasteiger partial charge in [-0.05, 0) is 50.3 Å². The molecule has 2 N–H and O–H groups in total. The van der Waals surface area contributed by atoms with Crippen molar-refractivity contribution < 1.29 is 9.53 Å². The minimum Gasteiger partial charge on any atom is -0.459 e. The van der Waals surface area contributed by atoms with Gasteiger partial charge in [-0.3, -0.25) is 0 Å². The van der Waals surface area contributed by atoms with E-state index in [4.69, 9.17) is 10.5 Å². The number of thioether (sulfide) groups is 1. The first-order valence-electron chi connectivity index (χ1n) is 6.21. The van der Waals surface area contributed by atoms with Gasteiger partial charge in [0.05, 0.1) is 11.7 Å². The standard InChI is InChI=1S/C14H21NO2S/c1-11(2)17-14(16)13-6-4-12(5-7-13)10-18-9-3-8-15/h4-7,11H,3,8-10,15H2,1-2H3. The molecule has 3 nitrogen and oxygen atoms in total. The lowest BCUT2D eigenvalue weighted by atomic mass is 10.1. The Labute approximate surface area is 113 Å². The van der Waals surface area contributed by atoms with Gasteiger partial charge in [-0.2, -0.15) is 11.8 Å². The van der Waals surface area contributed by atoms with Gasteiger partial charge >= 0.3 is 5.97 Å². The first kappa shape index (κ1) is 15.1. The van der Waals surface area contributed by atoms with Crippen molar-refractivity contribution >= 4 is 17.7 Å². The fourth-order valence-corrected chi connectivity index (χ4v) is 2.34. The van der Waals surface area contributed by atoms with Crippen LogP contribution in [0.1, 0.15) is 36.2 Å². The molecule has 4 heteroatoms. The van der Waals surface area contributed by atoms with Crippen LogP contribution in [0.4, 0.5) is 0 Å². The fraction of sp³-hybridized carbons (Fsp3) is 0.500. The number of hydrogen-bond acceptors (Lipinski definition) is 4. The molecule has 0 saturated carbocycles. The van der Waals surface area contributed by atoms with E-state index in [1.165, 1.54) is 5.56 Å². The van der Waals surface area contributed by atoms with Crippen LogP contribution in [0.25, 0.3) is 0 Å². The highest BCUT2D eigenvalue weighted by atomic mass is 32.2. The summed E-state index contributed by atoms with van der Waals surface area (Å²) in [4.78, 5) is 11.6. The van der Waals surface area contributed by atoms with Crippen LogP contribution >= 0.6 is 11.8 Å². The first-order valence-corrected chi connectivity index (χ1v) is 7.36. The second-order valence-corrected chi connectivity index (χ2v) is 5.45. The average molecular weight is 267 g/mol. The van der Waals surface area contributed by atoms with Gasteiger partial charge in [0.25, 0.3) is 0 Å². The SMILES string of the molecule is CC(C)OC(=O)c1ccc(CSCCCN)cc1. The molecule has 0 bridgehead atoms. The van der Waals surface area contributed by atoms with Crippen molar-refractivity contribution in [1.82, 2.24) is 0 Å². The highest BCUT2D eigenvalue weighted by molar-refractivity contribution is 7.98. The zero-order chi connectivity index (χ0) is 13.4. The molecular weight excluding hydrogens is 246 g/mol. The summed E-state index contributed by atoms with van der Waals surface area (Å²) in [5.41, 5.74) is 7.27. The summed E-state index contributed by atoms with van der Waals surface area (Å²) in [5, 5.41) is 0. The zero-order valence-electron chi connectivity index (χ0n) is 11.0. The van der Waals surface area contributed by atoms with Gasteiger partial charge in [-0.1, -0.05) is 12.1 Å². The van der Waals surface area contributed by atoms with E-state index in [0.717, 1.165) is 24.5 Å². The molecule has 100 valence electrons. The van der Waals surface area contributed by atoms with Gasteiger partial charge < -0.3 is 10.5 Å². The predicted molar refractivity (Wildman–Crippen MR) is 76.8 cm³/mol. The van der Waals surface area contributed by atoms with E-state index in [0.29, 0.717) is 5.56 Å². The molecule has 0 atom stereocenters. The summed E-state index contributed by atoms with van der Waals surface area (Å²) in [6.45, 7) is 4.44. The number of ether oxygens (including phenoxy) is 1. The predicted octanol–water partition coefficient (Wildman–Crippen LogP) is 2.83. The molecule has 18 heavy (non-hydrogen) atoms. The molecule has 0 saturated heterocycles. The van der Waals surface area contributed by atoms with Gasteiger partial charge in [-0.15, -0.1) is 0 Å². The molecule has 1 aromatic rings. The first-order chi connectivity index (χ1) is 8.63. The van der Waals surface area contributed by atoms with Crippen LogP contribution in [0.2, 0.25) is 0 Å². The van der Waals surface area contributed by atoms with Gasteiger partial charge in [0.1, 0.15) is 0 Å². The molecular formula is C14H21NO2S. The molecule has 0 heterocycles. The Morgan fingerprint density at radius 3 is 2.56 bits per heavy atom. The molecule has 0 fully saturated rings. The van der Waals surface area contributed by atoms with E-state index in [1.54, 1.807) is 0 Å². The number of carbonyl (C=O) groups excluding carboxylic acids is 1. The number of hydrogen-bond donors (Lipinski definition) is 1. The quantitative estimate of drug-likeness (QED) is 0.609.